The predicted octanol–water partition coefficient (Wildman–Crippen LogP) is 1.83. The lowest BCUT2D eigenvalue weighted by Gasteiger charge is -2.16. The van der Waals surface area contributed by atoms with E-state index in [1.807, 2.05) is 18.2 Å². The molecule has 0 bridgehead atoms. The summed E-state index contributed by atoms with van der Waals surface area (Å²) in [6.07, 6.45) is 1.06. The number of fused-ring (bicyclic) bond motifs is 3. The fraction of sp³-hybridized carbons (Fsp3) is 0.364. The minimum absolute atomic E-state index is 0.644. The van der Waals surface area contributed by atoms with Crippen LogP contribution in [-0.4, -0.2) is 23.3 Å². The van der Waals surface area contributed by atoms with E-state index in [9.17, 15) is 0 Å². The fourth-order valence-corrected chi connectivity index (χ4v) is 1.96. The van der Waals surface area contributed by atoms with Gasteiger partial charge in [-0.3, -0.25) is 0 Å². The van der Waals surface area contributed by atoms with Crippen LogP contribution >= 0.6 is 0 Å². The normalized spacial score (nSPS) is 14.7. The number of hydrogen-bond acceptors (Lipinski definition) is 3. The maximum Gasteiger partial charge on any atom is 0.213 e. The van der Waals surface area contributed by atoms with Crippen molar-refractivity contribution >= 4 is 11.0 Å². The Kier molecular flexibility index (Phi) is 1.80. The van der Waals surface area contributed by atoms with Gasteiger partial charge in [0.05, 0.1) is 24.8 Å². The molecular weight excluding hydrogens is 192 g/mol. The molecule has 0 fully saturated rings. The molecule has 0 aromatic carbocycles. The molecule has 0 saturated heterocycles. The molecule has 2 aromatic rings. The van der Waals surface area contributed by atoms with Gasteiger partial charge in [-0.2, -0.15) is 0 Å². The Morgan fingerprint density at radius 1 is 1.47 bits per heavy atom. The number of methoxy groups -OCH3 is 1. The first kappa shape index (κ1) is 8.59. The average Bonchev–Trinajstić information content (AvgIpc) is 2.66. The lowest BCUT2D eigenvalue weighted by molar-refractivity contribution is 0.244. The molecule has 3 heterocycles. The summed E-state index contributed by atoms with van der Waals surface area (Å²) in [6, 6.07) is 5.88. The summed E-state index contributed by atoms with van der Waals surface area (Å²) in [5.41, 5.74) is 2.05. The SMILES string of the molecule is COc1ccc2c(cc3n2CCCO3)n1. The van der Waals surface area contributed by atoms with Crippen molar-refractivity contribution in [2.75, 3.05) is 13.7 Å². The van der Waals surface area contributed by atoms with E-state index in [-0.39, 0.29) is 0 Å². The van der Waals surface area contributed by atoms with Crippen LogP contribution in [0.25, 0.3) is 11.0 Å². The third kappa shape index (κ3) is 1.25. The highest BCUT2D eigenvalue weighted by Gasteiger charge is 2.14. The highest BCUT2D eigenvalue weighted by Crippen LogP contribution is 2.28. The van der Waals surface area contributed by atoms with Gasteiger partial charge in [-0.25, -0.2) is 4.98 Å². The van der Waals surface area contributed by atoms with Gasteiger partial charge in [-0.1, -0.05) is 0 Å². The molecule has 0 saturated carbocycles. The smallest absolute Gasteiger partial charge is 0.213 e. The number of aryl methyl sites for hydroxylation is 1. The number of rotatable bonds is 1. The van der Waals surface area contributed by atoms with Crippen LogP contribution in [0.3, 0.4) is 0 Å². The van der Waals surface area contributed by atoms with Crippen LogP contribution in [0.1, 0.15) is 6.42 Å². The molecule has 15 heavy (non-hydrogen) atoms. The molecule has 0 spiro atoms. The largest absolute Gasteiger partial charge is 0.481 e. The van der Waals surface area contributed by atoms with Crippen molar-refractivity contribution < 1.29 is 9.47 Å². The third-order valence-electron chi connectivity index (χ3n) is 2.68. The van der Waals surface area contributed by atoms with Crippen molar-refractivity contribution in [1.82, 2.24) is 9.55 Å². The first-order valence-corrected chi connectivity index (χ1v) is 5.05. The van der Waals surface area contributed by atoms with Gasteiger partial charge in [0.15, 0.2) is 5.88 Å². The van der Waals surface area contributed by atoms with Gasteiger partial charge in [0.25, 0.3) is 0 Å². The zero-order valence-corrected chi connectivity index (χ0v) is 8.56. The highest BCUT2D eigenvalue weighted by atomic mass is 16.5. The Balaban J connectivity index is 2.22. The van der Waals surface area contributed by atoms with E-state index in [0.717, 1.165) is 36.5 Å². The first-order chi connectivity index (χ1) is 7.38. The van der Waals surface area contributed by atoms with Crippen LogP contribution in [-0.2, 0) is 6.54 Å². The minimum Gasteiger partial charge on any atom is -0.481 e. The molecule has 0 N–H and O–H groups in total. The monoisotopic (exact) mass is 204 g/mol. The molecular formula is C11H12N2O2. The summed E-state index contributed by atoms with van der Waals surface area (Å²) in [5.74, 6) is 1.56. The number of ether oxygens (including phenoxy) is 2. The number of aromatic nitrogens is 2. The van der Waals surface area contributed by atoms with E-state index >= 15 is 0 Å². The molecule has 78 valence electrons. The van der Waals surface area contributed by atoms with Crippen LogP contribution in [0.5, 0.6) is 11.8 Å². The molecule has 0 aliphatic carbocycles. The number of nitrogens with zero attached hydrogens (tertiary/aromatic N) is 2. The van der Waals surface area contributed by atoms with Gasteiger partial charge in [0.1, 0.15) is 0 Å². The molecule has 0 radical (unpaired) electrons. The number of hydrogen-bond donors (Lipinski definition) is 0. The maximum atomic E-state index is 5.56. The molecule has 4 nitrogen and oxygen atoms in total. The van der Waals surface area contributed by atoms with E-state index in [1.165, 1.54) is 0 Å². The predicted molar refractivity (Wildman–Crippen MR) is 56.4 cm³/mol. The first-order valence-electron chi connectivity index (χ1n) is 5.05. The minimum atomic E-state index is 0.644. The Bertz CT molecular complexity index is 505. The maximum absolute atomic E-state index is 5.56. The Labute approximate surface area is 87.4 Å². The molecule has 2 aromatic heterocycles. The summed E-state index contributed by atoms with van der Waals surface area (Å²) >= 11 is 0. The van der Waals surface area contributed by atoms with Crippen molar-refractivity contribution in [3.05, 3.63) is 18.2 Å². The Morgan fingerprint density at radius 2 is 2.40 bits per heavy atom. The van der Waals surface area contributed by atoms with Gasteiger partial charge in [-0.05, 0) is 12.5 Å². The van der Waals surface area contributed by atoms with E-state index in [4.69, 9.17) is 9.47 Å². The van der Waals surface area contributed by atoms with Gasteiger partial charge >= 0.3 is 0 Å². The lowest BCUT2D eigenvalue weighted by Crippen LogP contribution is -2.13. The van der Waals surface area contributed by atoms with Crippen LogP contribution in [0, 0.1) is 0 Å². The summed E-state index contributed by atoms with van der Waals surface area (Å²) in [5, 5.41) is 0. The van der Waals surface area contributed by atoms with Crippen LogP contribution in [0.4, 0.5) is 0 Å². The second-order valence-electron chi connectivity index (χ2n) is 3.59. The second kappa shape index (κ2) is 3.15. The molecule has 0 unspecified atom stereocenters. The summed E-state index contributed by atoms with van der Waals surface area (Å²) in [4.78, 5) is 4.38. The van der Waals surface area contributed by atoms with E-state index in [1.54, 1.807) is 7.11 Å². The molecule has 1 aliphatic heterocycles. The van der Waals surface area contributed by atoms with Gasteiger partial charge in [0.2, 0.25) is 5.88 Å². The summed E-state index contributed by atoms with van der Waals surface area (Å²) < 4.78 is 12.8. The highest BCUT2D eigenvalue weighted by molar-refractivity contribution is 5.79. The van der Waals surface area contributed by atoms with Gasteiger partial charge < -0.3 is 14.0 Å². The Morgan fingerprint density at radius 3 is 3.27 bits per heavy atom. The van der Waals surface area contributed by atoms with Crippen LogP contribution in [0.2, 0.25) is 0 Å². The van der Waals surface area contributed by atoms with Gasteiger partial charge in [-0.15, -0.1) is 0 Å². The summed E-state index contributed by atoms with van der Waals surface area (Å²) in [7, 11) is 1.63. The molecule has 1 aliphatic rings. The van der Waals surface area contributed by atoms with E-state index in [2.05, 4.69) is 9.55 Å². The van der Waals surface area contributed by atoms with Crippen molar-refractivity contribution in [3.8, 4) is 11.8 Å². The van der Waals surface area contributed by atoms with Gasteiger partial charge in [0, 0.05) is 18.7 Å². The van der Waals surface area contributed by atoms with E-state index < -0.39 is 0 Å². The van der Waals surface area contributed by atoms with Crippen molar-refractivity contribution in [3.63, 3.8) is 0 Å². The van der Waals surface area contributed by atoms with Crippen LogP contribution < -0.4 is 9.47 Å². The van der Waals surface area contributed by atoms with Crippen molar-refractivity contribution in [2.24, 2.45) is 0 Å². The standard InChI is InChI=1S/C11H12N2O2/c1-14-10-4-3-9-8(12-10)7-11-13(9)5-2-6-15-11/h3-4,7H,2,5-6H2,1H3. The van der Waals surface area contributed by atoms with Crippen LogP contribution in [0.15, 0.2) is 18.2 Å². The average molecular weight is 204 g/mol. The molecule has 0 atom stereocenters. The zero-order valence-electron chi connectivity index (χ0n) is 8.56. The fourth-order valence-electron chi connectivity index (χ4n) is 1.96. The third-order valence-corrected chi connectivity index (χ3v) is 2.68. The Hall–Kier alpha value is -1.71. The molecule has 3 rings (SSSR count). The van der Waals surface area contributed by atoms with Crippen molar-refractivity contribution in [1.29, 1.82) is 0 Å². The molecule has 4 heteroatoms. The number of pyridine rings is 1. The quantitative estimate of drug-likeness (QED) is 0.711. The van der Waals surface area contributed by atoms with Crippen molar-refractivity contribution in [2.45, 2.75) is 13.0 Å². The topological polar surface area (TPSA) is 36.3 Å². The zero-order chi connectivity index (χ0) is 10.3. The summed E-state index contributed by atoms with van der Waals surface area (Å²) in [6.45, 7) is 1.81. The second-order valence-corrected chi connectivity index (χ2v) is 3.59. The van der Waals surface area contributed by atoms with E-state index in [0.29, 0.717) is 5.88 Å². The lowest BCUT2D eigenvalue weighted by atomic mass is 10.3. The molecule has 0 amide bonds.